The molecule has 0 amide bonds. The molecule has 0 aromatic carbocycles. The van der Waals surface area contributed by atoms with Crippen LogP contribution in [0.4, 0.5) is 0 Å². The lowest BCUT2D eigenvalue weighted by atomic mass is 9.82. The Labute approximate surface area is 189 Å². The molecule has 2 rings (SSSR count). The monoisotopic (exact) mass is 432 g/mol. The third kappa shape index (κ3) is 26.9. The first-order valence-electron chi connectivity index (χ1n) is 11.4. The van der Waals surface area contributed by atoms with Gasteiger partial charge < -0.3 is 9.84 Å². The Morgan fingerprint density at radius 2 is 1.03 bits per heavy atom. The fourth-order valence-electron chi connectivity index (χ4n) is 3.80. The molecule has 0 atom stereocenters. The lowest BCUT2D eigenvalue weighted by molar-refractivity contribution is -0.140. The Balaban J connectivity index is -0.000000154. The van der Waals surface area contributed by atoms with Gasteiger partial charge in [-0.2, -0.15) is 0 Å². The summed E-state index contributed by atoms with van der Waals surface area (Å²) in [6, 6.07) is 0. The lowest BCUT2D eigenvalue weighted by Crippen LogP contribution is -2.12. The average Bonchev–Trinajstić information content (AvgIpc) is 2.63. The highest BCUT2D eigenvalue weighted by molar-refractivity contribution is 5.65. The molecule has 184 valence electrons. The molecule has 2 aliphatic carbocycles. The van der Waals surface area contributed by atoms with Crippen LogP contribution in [0.1, 0.15) is 128 Å². The molecule has 2 saturated carbocycles. The number of hydrogen-bond acceptors (Lipinski definition) is 3. The molecular weight excluding hydrogens is 376 g/mol. The smallest absolute Gasteiger partial charge is 0.302 e. The molecule has 4 heteroatoms. The van der Waals surface area contributed by atoms with Crippen molar-refractivity contribution in [1.82, 2.24) is 0 Å². The largest absolute Gasteiger partial charge is 0.481 e. The van der Waals surface area contributed by atoms with Gasteiger partial charge in [0, 0.05) is 13.8 Å². The Kier molecular flexibility index (Phi) is 29.3. The van der Waals surface area contributed by atoms with E-state index in [0.29, 0.717) is 6.61 Å². The zero-order valence-corrected chi connectivity index (χ0v) is 19.8. The van der Waals surface area contributed by atoms with Gasteiger partial charge in [-0.05, 0) is 30.6 Å². The topological polar surface area (TPSA) is 63.6 Å². The van der Waals surface area contributed by atoms with Crippen molar-refractivity contribution in [2.75, 3.05) is 6.61 Å². The van der Waals surface area contributed by atoms with Crippen molar-refractivity contribution < 1.29 is 19.4 Å². The first-order chi connectivity index (χ1) is 13.1. The van der Waals surface area contributed by atoms with Crippen LogP contribution in [0.25, 0.3) is 0 Å². The van der Waals surface area contributed by atoms with E-state index in [1.54, 1.807) is 6.92 Å². The minimum atomic E-state index is -0.833. The van der Waals surface area contributed by atoms with E-state index in [2.05, 4.69) is 32.4 Å². The Bertz CT molecular complexity index is 339. The molecular formula is C26H56O4. The van der Waals surface area contributed by atoms with Gasteiger partial charge in [-0.15, -0.1) is 0 Å². The first-order valence-corrected chi connectivity index (χ1v) is 11.4. The van der Waals surface area contributed by atoms with E-state index in [1.165, 1.54) is 71.1 Å². The van der Waals surface area contributed by atoms with Crippen molar-refractivity contribution in [3.8, 4) is 0 Å². The predicted octanol–water partition coefficient (Wildman–Crippen LogP) is 8.38. The molecule has 0 unspecified atom stereocenters. The third-order valence-electron chi connectivity index (χ3n) is 5.53. The second kappa shape index (κ2) is 24.2. The quantitative estimate of drug-likeness (QED) is 0.455. The predicted molar refractivity (Wildman–Crippen MR) is 132 cm³/mol. The molecule has 30 heavy (non-hydrogen) atoms. The minimum Gasteiger partial charge on any atom is -0.481 e. The highest BCUT2D eigenvalue weighted by atomic mass is 16.5. The number of carbonyl (C=O) groups is 2. The number of hydrogen-bond donors (Lipinski definition) is 1. The van der Waals surface area contributed by atoms with Gasteiger partial charge in [0.1, 0.15) is 0 Å². The molecule has 4 nitrogen and oxygen atoms in total. The van der Waals surface area contributed by atoms with Crippen LogP contribution in [0.3, 0.4) is 0 Å². The molecule has 1 N–H and O–H groups in total. The summed E-state index contributed by atoms with van der Waals surface area (Å²) in [5.74, 6) is 2.94. The summed E-state index contributed by atoms with van der Waals surface area (Å²) < 4.78 is 4.40. The third-order valence-corrected chi connectivity index (χ3v) is 5.53. The fraction of sp³-hybridized carbons (Fsp3) is 0.923. The van der Waals surface area contributed by atoms with Crippen molar-refractivity contribution >= 4 is 11.9 Å². The van der Waals surface area contributed by atoms with Crippen LogP contribution in [-0.2, 0) is 14.3 Å². The Morgan fingerprint density at radius 1 is 0.767 bits per heavy atom. The van der Waals surface area contributed by atoms with Crippen LogP contribution < -0.4 is 0 Å². The standard InChI is InChI=1S/2C9H18.C4H8O2.C2H4O2.2CH4/c2*1-8(2)9-6-4-3-5-7-9;1-3-6-4(2)5;1-2(3)4;;/h2*8-9H,3-7H2,1-2H3;3H2,1-2H3;1H3,(H,3,4);2*1H4. The minimum absolute atomic E-state index is 0. The maximum atomic E-state index is 9.82. The number of esters is 1. The molecule has 2 aliphatic rings. The van der Waals surface area contributed by atoms with Crippen LogP contribution in [-0.4, -0.2) is 23.7 Å². The summed E-state index contributed by atoms with van der Waals surface area (Å²) in [7, 11) is 0. The van der Waals surface area contributed by atoms with Gasteiger partial charge in [0.05, 0.1) is 6.61 Å². The zero-order chi connectivity index (χ0) is 21.9. The second-order valence-corrected chi connectivity index (χ2v) is 8.73. The van der Waals surface area contributed by atoms with E-state index in [1.807, 2.05) is 0 Å². The van der Waals surface area contributed by atoms with Crippen LogP contribution >= 0.6 is 0 Å². The van der Waals surface area contributed by atoms with E-state index in [4.69, 9.17) is 9.90 Å². The number of carboxylic acid groups (broad SMARTS) is 1. The highest BCUT2D eigenvalue weighted by Gasteiger charge is 2.16. The van der Waals surface area contributed by atoms with E-state index < -0.39 is 5.97 Å². The van der Waals surface area contributed by atoms with Gasteiger partial charge >= 0.3 is 5.97 Å². The van der Waals surface area contributed by atoms with Gasteiger partial charge in [0.2, 0.25) is 0 Å². The van der Waals surface area contributed by atoms with Crippen LogP contribution in [0.5, 0.6) is 0 Å². The van der Waals surface area contributed by atoms with Crippen LogP contribution in [0.2, 0.25) is 0 Å². The summed E-state index contributed by atoms with van der Waals surface area (Å²) in [6.07, 6.45) is 14.9. The zero-order valence-electron chi connectivity index (χ0n) is 19.8. The van der Waals surface area contributed by atoms with Gasteiger partial charge in [0.25, 0.3) is 5.97 Å². The van der Waals surface area contributed by atoms with E-state index in [-0.39, 0.29) is 20.8 Å². The number of rotatable bonds is 3. The molecule has 0 radical (unpaired) electrons. The normalized spacial score (nSPS) is 16.2. The number of carbonyl (C=O) groups excluding carboxylic acids is 1. The van der Waals surface area contributed by atoms with E-state index in [0.717, 1.165) is 30.6 Å². The lowest BCUT2D eigenvalue weighted by Gasteiger charge is -2.24. The molecule has 2 fully saturated rings. The van der Waals surface area contributed by atoms with E-state index in [9.17, 15) is 4.79 Å². The average molecular weight is 433 g/mol. The summed E-state index contributed by atoms with van der Waals surface area (Å²) in [5.41, 5.74) is 0. The molecule has 0 saturated heterocycles. The molecule has 0 aliphatic heterocycles. The van der Waals surface area contributed by atoms with E-state index >= 15 is 0 Å². The molecule has 0 bridgehead atoms. The fourth-order valence-corrected chi connectivity index (χ4v) is 3.80. The van der Waals surface area contributed by atoms with Crippen molar-refractivity contribution in [3.63, 3.8) is 0 Å². The molecule has 0 aromatic rings. The molecule has 0 spiro atoms. The second-order valence-electron chi connectivity index (χ2n) is 8.73. The van der Waals surface area contributed by atoms with Crippen LogP contribution in [0.15, 0.2) is 0 Å². The summed E-state index contributed by atoms with van der Waals surface area (Å²) >= 11 is 0. The van der Waals surface area contributed by atoms with Crippen molar-refractivity contribution in [2.24, 2.45) is 23.7 Å². The summed E-state index contributed by atoms with van der Waals surface area (Å²) in [4.78, 5) is 18.8. The van der Waals surface area contributed by atoms with Crippen molar-refractivity contribution in [1.29, 1.82) is 0 Å². The summed E-state index contributed by atoms with van der Waals surface area (Å²) in [5, 5.41) is 7.42. The maximum Gasteiger partial charge on any atom is 0.302 e. The van der Waals surface area contributed by atoms with Gasteiger partial charge in [-0.25, -0.2) is 0 Å². The van der Waals surface area contributed by atoms with Crippen molar-refractivity contribution in [2.45, 2.75) is 128 Å². The van der Waals surface area contributed by atoms with Crippen molar-refractivity contribution in [3.05, 3.63) is 0 Å². The number of aliphatic carboxylic acids is 1. The van der Waals surface area contributed by atoms with Crippen LogP contribution in [0, 0.1) is 23.7 Å². The van der Waals surface area contributed by atoms with Gasteiger partial charge in [-0.1, -0.05) is 107 Å². The molecule has 0 aromatic heterocycles. The SMILES string of the molecule is C.C.CC(=O)O.CC(C)C1CCCCC1.CC(C)C1CCCCC1.CCOC(C)=O. The van der Waals surface area contributed by atoms with Gasteiger partial charge in [-0.3, -0.25) is 9.59 Å². The Morgan fingerprint density at radius 3 is 1.13 bits per heavy atom. The number of ether oxygens (including phenoxy) is 1. The summed E-state index contributed by atoms with van der Waals surface area (Å²) in [6.45, 7) is 14.2. The number of carboxylic acids is 1. The maximum absolute atomic E-state index is 9.82. The molecule has 0 heterocycles. The Hall–Kier alpha value is -1.06. The highest BCUT2D eigenvalue weighted by Crippen LogP contribution is 2.29. The van der Waals surface area contributed by atoms with Gasteiger partial charge in [0.15, 0.2) is 0 Å². The first kappa shape index (κ1) is 36.3.